The third-order valence-corrected chi connectivity index (χ3v) is 22.9. The lowest BCUT2D eigenvalue weighted by Gasteiger charge is -2.61. The van der Waals surface area contributed by atoms with Gasteiger partial charge in [0.15, 0.2) is 0 Å². The maximum absolute atomic E-state index is 14.2. The number of aliphatic hydroxyl groups is 1. The van der Waals surface area contributed by atoms with Crippen molar-refractivity contribution in [1.29, 1.82) is 0 Å². The van der Waals surface area contributed by atoms with Gasteiger partial charge in [0.25, 0.3) is 0 Å². The number of hydrogen-bond donors (Lipinski definition) is 3. The standard InChI is InChI=1S/C31H50N2O5.C30H48N2O5/c1-9-13-29(5)17-24(38-28(36)32-27(35)22-18-33(7)16-12-19(22)2)30(6)20(3)10-14-31(21(4)26(29)34)15-11-23(37-8)25(30)31;1-8-12-28(5)16-23(37-27(36)31-26(35)21-17-32(7)15-11-18(21)2)29(6)19(3)9-13-30(20(4)25(28)34)14-10-22(33)24(29)30/h9,13,19-25H,10-12,14-18H2,1-8H3,(H,32,35,36);8,12,18-21,23-25,34H,9-11,13-17H2,1-7H3,(H,31,35,36)/t19-,20+,21-,22-,23+,24+,25?,29+,30-,31?;18-,19+,20-,21-,23+,24?,25-,28+,29-,30?/m00/s1. The number of likely N-dealkylation sites (tertiary alicyclic amines) is 2. The molecule has 8 aliphatic rings. The number of imide groups is 2. The van der Waals surface area contributed by atoms with Crippen LogP contribution in [0.4, 0.5) is 9.59 Å². The van der Waals surface area contributed by atoms with Crippen molar-refractivity contribution in [3.8, 4) is 0 Å². The van der Waals surface area contributed by atoms with E-state index in [1.54, 1.807) is 7.11 Å². The summed E-state index contributed by atoms with van der Waals surface area (Å²) >= 11 is 0. The van der Waals surface area contributed by atoms with E-state index in [1.807, 2.05) is 66.1 Å². The Morgan fingerprint density at radius 2 is 1.16 bits per heavy atom. The number of piperidine rings is 2. The van der Waals surface area contributed by atoms with Crippen LogP contribution in [-0.4, -0.2) is 122 Å². The highest BCUT2D eigenvalue weighted by Gasteiger charge is 2.70. The molecule has 2 saturated heterocycles. The van der Waals surface area contributed by atoms with Crippen LogP contribution in [0.2, 0.25) is 0 Å². The molecule has 20 atom stereocenters. The van der Waals surface area contributed by atoms with E-state index in [0.717, 1.165) is 70.9 Å². The number of carbonyl (C=O) groups is 6. The van der Waals surface area contributed by atoms with Gasteiger partial charge in [-0.05, 0) is 153 Å². The van der Waals surface area contributed by atoms with Crippen LogP contribution in [0.3, 0.4) is 0 Å². The van der Waals surface area contributed by atoms with Crippen molar-refractivity contribution in [2.24, 2.45) is 91.7 Å². The van der Waals surface area contributed by atoms with Crippen LogP contribution in [0.25, 0.3) is 0 Å². The molecule has 422 valence electrons. The molecule has 3 N–H and O–H groups in total. The molecular formula is C61H98N4O10. The van der Waals surface area contributed by atoms with Gasteiger partial charge in [0, 0.05) is 72.5 Å². The summed E-state index contributed by atoms with van der Waals surface area (Å²) in [5.41, 5.74) is -2.86. The van der Waals surface area contributed by atoms with Gasteiger partial charge in [-0.15, -0.1) is 0 Å². The molecule has 4 bridgehead atoms. The van der Waals surface area contributed by atoms with Gasteiger partial charge < -0.3 is 29.1 Å². The molecule has 14 nitrogen and oxygen atoms in total. The molecule has 4 unspecified atom stereocenters. The van der Waals surface area contributed by atoms with E-state index < -0.39 is 52.2 Å². The summed E-state index contributed by atoms with van der Waals surface area (Å²) in [6, 6.07) is 0. The number of Topliss-reactive ketones (excluding diaryl/α,β-unsaturated/α-hetero) is 2. The number of carbonyl (C=O) groups excluding carboxylic acids is 6. The van der Waals surface area contributed by atoms with E-state index >= 15 is 0 Å². The molecule has 0 radical (unpaired) electrons. The molecule has 6 saturated carbocycles. The molecule has 0 aromatic rings. The van der Waals surface area contributed by atoms with Gasteiger partial charge in [0.2, 0.25) is 11.8 Å². The quantitative estimate of drug-likeness (QED) is 0.206. The van der Waals surface area contributed by atoms with Gasteiger partial charge in [-0.25, -0.2) is 9.59 Å². The summed E-state index contributed by atoms with van der Waals surface area (Å²) in [6.07, 6.45) is 14.2. The van der Waals surface area contributed by atoms with Gasteiger partial charge in [-0.3, -0.25) is 29.8 Å². The Hall–Kier alpha value is -3.46. The van der Waals surface area contributed by atoms with Crippen LogP contribution in [0.1, 0.15) is 160 Å². The zero-order valence-electron chi connectivity index (χ0n) is 48.7. The predicted octanol–water partition coefficient (Wildman–Crippen LogP) is 9.81. The number of amides is 4. The van der Waals surface area contributed by atoms with Crippen LogP contribution in [0, 0.1) is 91.7 Å². The van der Waals surface area contributed by atoms with Crippen molar-refractivity contribution < 1.29 is 48.1 Å². The van der Waals surface area contributed by atoms with Crippen molar-refractivity contribution in [1.82, 2.24) is 20.4 Å². The molecule has 0 spiro atoms. The van der Waals surface area contributed by atoms with E-state index in [1.165, 1.54) is 0 Å². The Labute approximate surface area is 450 Å². The summed E-state index contributed by atoms with van der Waals surface area (Å²) < 4.78 is 18.6. The first-order chi connectivity index (χ1) is 35.1. The normalized spacial score (nSPS) is 46.2. The predicted molar refractivity (Wildman–Crippen MR) is 290 cm³/mol. The van der Waals surface area contributed by atoms with E-state index in [4.69, 9.17) is 14.2 Å². The summed E-state index contributed by atoms with van der Waals surface area (Å²) in [6.45, 7) is 28.2. The van der Waals surface area contributed by atoms with Gasteiger partial charge in [-0.1, -0.05) is 86.6 Å². The first-order valence-corrected chi connectivity index (χ1v) is 29.1. The van der Waals surface area contributed by atoms with Gasteiger partial charge >= 0.3 is 12.2 Å². The highest BCUT2D eigenvalue weighted by atomic mass is 16.6. The minimum absolute atomic E-state index is 0.0125. The monoisotopic (exact) mass is 1050 g/mol. The molecule has 2 aliphatic heterocycles. The molecule has 8 fully saturated rings. The molecule has 0 aromatic heterocycles. The fourth-order valence-electron chi connectivity index (χ4n) is 17.8. The summed E-state index contributed by atoms with van der Waals surface area (Å²) in [5.74, 6) is -0.167. The van der Waals surface area contributed by atoms with Crippen molar-refractivity contribution in [3.05, 3.63) is 24.3 Å². The highest BCUT2D eigenvalue weighted by Crippen LogP contribution is 2.70. The van der Waals surface area contributed by atoms with Gasteiger partial charge in [-0.2, -0.15) is 0 Å². The smallest absolute Gasteiger partial charge is 0.414 e. The minimum Gasteiger partial charge on any atom is -0.445 e. The van der Waals surface area contributed by atoms with Crippen LogP contribution in [0.15, 0.2) is 24.3 Å². The number of aliphatic hydroxyl groups excluding tert-OH is 1. The first-order valence-electron chi connectivity index (χ1n) is 29.1. The SMILES string of the molecule is CC=C[C@]1(C)C[C@@H](OC(=O)NC(=O)[C@H]2CN(C)CC[C@@H]2C)[C@@]2(C)C3C(=O)CCC3(CC[C@H]2C)[C@@H](C)[C@@H]1O.CC=C[C@]1(C)C[C@@H](OC(=O)NC(=O)[C@H]2CN(C)CC[C@@H]2C)[C@@]2(C)C3[C@H](OC)CCC3(CC[C@H]2C)[C@@H](C)C1=O. The number of methoxy groups -OCH3 is 1. The van der Waals surface area contributed by atoms with Crippen LogP contribution < -0.4 is 10.6 Å². The largest absolute Gasteiger partial charge is 0.445 e. The zero-order valence-corrected chi connectivity index (χ0v) is 48.7. The average molecular weight is 1050 g/mol. The number of allylic oxidation sites excluding steroid dienone is 3. The second-order valence-corrected chi connectivity index (χ2v) is 27.0. The topological polar surface area (TPSA) is 181 Å². The molecule has 4 amide bonds. The number of alkyl carbamates (subject to hydrolysis) is 2. The number of nitrogens with one attached hydrogen (secondary N) is 2. The van der Waals surface area contributed by atoms with Crippen LogP contribution in [0.5, 0.6) is 0 Å². The Morgan fingerprint density at radius 3 is 1.68 bits per heavy atom. The van der Waals surface area contributed by atoms with E-state index in [-0.39, 0.29) is 99.5 Å². The van der Waals surface area contributed by atoms with Crippen molar-refractivity contribution in [2.75, 3.05) is 47.4 Å². The minimum atomic E-state index is -0.759. The van der Waals surface area contributed by atoms with Crippen LogP contribution in [-0.2, 0) is 33.4 Å². The molecule has 75 heavy (non-hydrogen) atoms. The summed E-state index contributed by atoms with van der Waals surface area (Å²) in [7, 11) is 5.76. The van der Waals surface area contributed by atoms with Gasteiger partial charge in [0.1, 0.15) is 23.8 Å². The molecule has 8 rings (SSSR count). The number of ether oxygens (including phenoxy) is 3. The first kappa shape index (κ1) is 59.2. The fraction of sp³-hybridized carbons (Fsp3) is 0.836. The third kappa shape index (κ3) is 10.4. The second kappa shape index (κ2) is 22.4. The van der Waals surface area contributed by atoms with E-state index in [2.05, 4.69) is 75.8 Å². The zero-order chi connectivity index (χ0) is 55.4. The molecule has 2 heterocycles. The maximum atomic E-state index is 14.2. The number of rotatable bonds is 7. The second-order valence-electron chi connectivity index (χ2n) is 27.0. The fourth-order valence-corrected chi connectivity index (χ4v) is 17.8. The Morgan fingerprint density at radius 1 is 0.667 bits per heavy atom. The number of ketones is 2. The lowest BCUT2D eigenvalue weighted by atomic mass is 9.44. The molecular weight excluding hydrogens is 949 g/mol. The van der Waals surface area contributed by atoms with Gasteiger partial charge in [0.05, 0.1) is 24.0 Å². The molecule has 0 aromatic carbocycles. The van der Waals surface area contributed by atoms with Crippen LogP contribution >= 0.6 is 0 Å². The van der Waals surface area contributed by atoms with Crippen molar-refractivity contribution >= 4 is 35.6 Å². The highest BCUT2D eigenvalue weighted by molar-refractivity contribution is 5.94. The van der Waals surface area contributed by atoms with E-state index in [9.17, 15) is 33.9 Å². The molecule has 6 aliphatic carbocycles. The Balaban J connectivity index is 0.000000219. The summed E-state index contributed by atoms with van der Waals surface area (Å²) in [4.78, 5) is 85.0. The summed E-state index contributed by atoms with van der Waals surface area (Å²) in [5, 5.41) is 16.9. The van der Waals surface area contributed by atoms with Crippen molar-refractivity contribution in [2.45, 2.75) is 185 Å². The molecule has 14 heteroatoms. The Bertz CT molecular complexity index is 2220. The number of hydrogen-bond acceptors (Lipinski definition) is 12. The van der Waals surface area contributed by atoms with E-state index in [0.29, 0.717) is 32.4 Å². The lowest BCUT2D eigenvalue weighted by molar-refractivity contribution is -0.191. The maximum Gasteiger partial charge on any atom is 0.414 e. The lowest BCUT2D eigenvalue weighted by Crippen LogP contribution is -2.63. The number of nitrogens with zero attached hydrogens (tertiary/aromatic N) is 2. The average Bonchev–Trinajstić information content (AvgIpc) is 3.93. The Kier molecular flexibility index (Phi) is 17.6. The third-order valence-electron chi connectivity index (χ3n) is 22.9. The van der Waals surface area contributed by atoms with Crippen molar-refractivity contribution in [3.63, 3.8) is 0 Å².